The van der Waals surface area contributed by atoms with Gasteiger partial charge < -0.3 is 19.7 Å². The third kappa shape index (κ3) is 5.14. The maximum Gasteiger partial charge on any atom is 0.261 e. The molecule has 2 aliphatic rings. The first-order chi connectivity index (χ1) is 14.7. The van der Waals surface area contributed by atoms with Crippen molar-refractivity contribution in [1.29, 1.82) is 0 Å². The summed E-state index contributed by atoms with van der Waals surface area (Å²) < 4.78 is 11.5. The molecule has 5 heteroatoms. The van der Waals surface area contributed by atoms with E-state index in [0.717, 1.165) is 50.5 Å². The molecule has 1 fully saturated rings. The molecule has 30 heavy (non-hydrogen) atoms. The number of rotatable bonds is 7. The van der Waals surface area contributed by atoms with Gasteiger partial charge in [0.2, 0.25) is 0 Å². The zero-order valence-corrected chi connectivity index (χ0v) is 17.9. The molecule has 160 valence electrons. The Morgan fingerprint density at radius 3 is 2.53 bits per heavy atom. The summed E-state index contributed by atoms with van der Waals surface area (Å²) in [4.78, 5) is 15.0. The second kappa shape index (κ2) is 9.98. The number of fused-ring (bicyclic) bond motifs is 1. The van der Waals surface area contributed by atoms with Gasteiger partial charge in [-0.1, -0.05) is 25.1 Å². The van der Waals surface area contributed by atoms with E-state index in [-0.39, 0.29) is 5.91 Å². The summed E-state index contributed by atoms with van der Waals surface area (Å²) in [5.74, 6) is 0.736. The normalized spacial score (nSPS) is 17.2. The van der Waals surface area contributed by atoms with Gasteiger partial charge in [-0.25, -0.2) is 0 Å². The van der Waals surface area contributed by atoms with Gasteiger partial charge >= 0.3 is 0 Å². The van der Waals surface area contributed by atoms with E-state index in [4.69, 9.17) is 9.47 Å². The van der Waals surface area contributed by atoms with Crippen LogP contribution < -0.4 is 15.0 Å². The van der Waals surface area contributed by atoms with Crippen LogP contribution in [0.4, 0.5) is 5.69 Å². The van der Waals surface area contributed by atoms with E-state index in [0.29, 0.717) is 13.0 Å². The first kappa shape index (κ1) is 20.7. The number of nitrogens with one attached hydrogen (secondary N) is 1. The van der Waals surface area contributed by atoms with Crippen molar-refractivity contribution >= 4 is 11.6 Å². The Labute approximate surface area is 179 Å². The van der Waals surface area contributed by atoms with E-state index in [9.17, 15) is 4.79 Å². The van der Waals surface area contributed by atoms with Gasteiger partial charge in [0.25, 0.3) is 5.91 Å². The summed E-state index contributed by atoms with van der Waals surface area (Å²) in [5, 5.41) is 3.03. The van der Waals surface area contributed by atoms with E-state index in [1.807, 2.05) is 13.0 Å². The maximum atomic E-state index is 12.7. The molecule has 1 aliphatic heterocycles. The minimum Gasteiger partial charge on any atom is -0.481 e. The van der Waals surface area contributed by atoms with Crippen LogP contribution in [0.2, 0.25) is 0 Å². The average molecular weight is 409 g/mol. The molecule has 1 amide bonds. The van der Waals surface area contributed by atoms with Crippen LogP contribution in [0.5, 0.6) is 5.75 Å². The smallest absolute Gasteiger partial charge is 0.261 e. The molecular formula is C25H32N2O3. The minimum atomic E-state index is -0.473. The molecule has 5 nitrogen and oxygen atoms in total. The molecule has 0 saturated carbocycles. The van der Waals surface area contributed by atoms with E-state index in [2.05, 4.69) is 46.6 Å². The molecule has 2 aromatic rings. The number of aryl methyl sites for hydroxylation is 2. The first-order valence-electron chi connectivity index (χ1n) is 11.2. The molecular weight excluding hydrogens is 376 g/mol. The summed E-state index contributed by atoms with van der Waals surface area (Å²) in [6, 6.07) is 14.7. The van der Waals surface area contributed by atoms with Crippen molar-refractivity contribution in [3.63, 3.8) is 0 Å². The third-order valence-electron chi connectivity index (χ3n) is 6.04. The number of carbonyl (C=O) groups is 1. The number of nitrogens with zero attached hydrogens (tertiary/aromatic N) is 1. The highest BCUT2D eigenvalue weighted by atomic mass is 16.5. The highest BCUT2D eigenvalue weighted by Gasteiger charge is 2.19. The summed E-state index contributed by atoms with van der Waals surface area (Å²) in [6.07, 6.45) is 4.92. The average Bonchev–Trinajstić information content (AvgIpc) is 2.82. The lowest BCUT2D eigenvalue weighted by atomic mass is 9.92. The van der Waals surface area contributed by atoms with Crippen LogP contribution in [0.1, 0.15) is 42.9 Å². The minimum absolute atomic E-state index is 0.0625. The van der Waals surface area contributed by atoms with Gasteiger partial charge in [-0.3, -0.25) is 4.79 Å². The Morgan fingerprint density at radius 1 is 1.07 bits per heavy atom. The number of amides is 1. The van der Waals surface area contributed by atoms with E-state index in [1.54, 1.807) is 0 Å². The second-order valence-corrected chi connectivity index (χ2v) is 8.14. The first-order valence-corrected chi connectivity index (χ1v) is 11.2. The lowest BCUT2D eigenvalue weighted by molar-refractivity contribution is -0.128. The Hall–Kier alpha value is -2.53. The van der Waals surface area contributed by atoms with Crippen molar-refractivity contribution in [2.45, 2.75) is 51.7 Å². The largest absolute Gasteiger partial charge is 0.481 e. The Kier molecular flexibility index (Phi) is 6.90. The van der Waals surface area contributed by atoms with Gasteiger partial charge in [-0.15, -0.1) is 0 Å². The maximum absolute atomic E-state index is 12.7. The van der Waals surface area contributed by atoms with Gasteiger partial charge in [0, 0.05) is 25.3 Å². The molecule has 0 bridgehead atoms. The molecule has 1 aliphatic carbocycles. The monoisotopic (exact) mass is 408 g/mol. The standard InChI is InChI=1S/C25H32N2O3/c1-2-24(30-23-12-9-20-5-3-4-6-21(20)17-23)25(28)26-18-19-7-10-22(11-8-19)27-13-15-29-16-14-27/h7-12,17,24H,2-6,13-16,18H2,1H3,(H,26,28)/t24-/m0/s1. The van der Waals surface area contributed by atoms with Gasteiger partial charge in [0.05, 0.1) is 13.2 Å². The fraction of sp³-hybridized carbons (Fsp3) is 0.480. The number of carbonyl (C=O) groups excluding carboxylic acids is 1. The Balaban J connectivity index is 1.31. The zero-order chi connectivity index (χ0) is 20.8. The van der Waals surface area contributed by atoms with Crippen LogP contribution in [0.15, 0.2) is 42.5 Å². The number of benzene rings is 2. The molecule has 4 rings (SSSR count). The predicted octanol–water partition coefficient (Wildman–Crippen LogP) is 3.88. The van der Waals surface area contributed by atoms with E-state index >= 15 is 0 Å². The predicted molar refractivity (Wildman–Crippen MR) is 119 cm³/mol. The second-order valence-electron chi connectivity index (χ2n) is 8.14. The number of morpholine rings is 1. The number of anilines is 1. The quantitative estimate of drug-likeness (QED) is 0.756. The van der Waals surface area contributed by atoms with Crippen molar-refractivity contribution < 1.29 is 14.3 Å². The fourth-order valence-corrected chi connectivity index (χ4v) is 4.22. The van der Waals surface area contributed by atoms with Gasteiger partial charge in [0.15, 0.2) is 6.10 Å². The lowest BCUT2D eigenvalue weighted by Gasteiger charge is -2.29. The van der Waals surface area contributed by atoms with Crippen LogP contribution >= 0.6 is 0 Å². The van der Waals surface area contributed by atoms with Crippen LogP contribution in [-0.2, 0) is 28.9 Å². The van der Waals surface area contributed by atoms with Crippen LogP contribution in [0, 0.1) is 0 Å². The Bertz CT molecular complexity index is 844. The van der Waals surface area contributed by atoms with E-state index in [1.165, 1.54) is 29.7 Å². The fourth-order valence-electron chi connectivity index (χ4n) is 4.22. The molecule has 1 saturated heterocycles. The van der Waals surface area contributed by atoms with Crippen molar-refractivity contribution in [2.24, 2.45) is 0 Å². The highest BCUT2D eigenvalue weighted by Crippen LogP contribution is 2.26. The number of ether oxygens (including phenoxy) is 2. The molecule has 0 unspecified atom stereocenters. The highest BCUT2D eigenvalue weighted by molar-refractivity contribution is 5.81. The number of hydrogen-bond acceptors (Lipinski definition) is 4. The molecule has 1 N–H and O–H groups in total. The summed E-state index contributed by atoms with van der Waals surface area (Å²) >= 11 is 0. The van der Waals surface area contributed by atoms with Crippen LogP contribution in [-0.4, -0.2) is 38.3 Å². The summed E-state index contributed by atoms with van der Waals surface area (Å²) in [6.45, 7) is 5.90. The van der Waals surface area contributed by atoms with E-state index < -0.39 is 6.10 Å². The lowest BCUT2D eigenvalue weighted by Crippen LogP contribution is -2.37. The van der Waals surface area contributed by atoms with Crippen LogP contribution in [0.25, 0.3) is 0 Å². The van der Waals surface area contributed by atoms with Crippen molar-refractivity contribution in [3.8, 4) is 5.75 Å². The van der Waals surface area contributed by atoms with Gasteiger partial charge in [-0.2, -0.15) is 0 Å². The van der Waals surface area contributed by atoms with Gasteiger partial charge in [-0.05, 0) is 73.1 Å². The third-order valence-corrected chi connectivity index (χ3v) is 6.04. The van der Waals surface area contributed by atoms with Crippen LogP contribution in [0.3, 0.4) is 0 Å². The molecule has 0 aromatic heterocycles. The zero-order valence-electron chi connectivity index (χ0n) is 17.9. The molecule has 0 radical (unpaired) electrons. The SMILES string of the molecule is CC[C@H](Oc1ccc2c(c1)CCCC2)C(=O)NCc1ccc(N2CCOCC2)cc1. The molecule has 1 heterocycles. The summed E-state index contributed by atoms with van der Waals surface area (Å²) in [5.41, 5.74) is 5.08. The van der Waals surface area contributed by atoms with Gasteiger partial charge in [0.1, 0.15) is 5.75 Å². The molecule has 2 aromatic carbocycles. The topological polar surface area (TPSA) is 50.8 Å². The Morgan fingerprint density at radius 2 is 1.80 bits per heavy atom. The number of hydrogen-bond donors (Lipinski definition) is 1. The molecule has 0 spiro atoms. The summed E-state index contributed by atoms with van der Waals surface area (Å²) in [7, 11) is 0. The van der Waals surface area contributed by atoms with Crippen molar-refractivity contribution in [2.75, 3.05) is 31.2 Å². The van der Waals surface area contributed by atoms with Crippen molar-refractivity contribution in [1.82, 2.24) is 5.32 Å². The van der Waals surface area contributed by atoms with Crippen molar-refractivity contribution in [3.05, 3.63) is 59.2 Å². The molecule has 1 atom stereocenters.